The Morgan fingerprint density at radius 1 is 0.306 bits per heavy atom. The summed E-state index contributed by atoms with van der Waals surface area (Å²) in [7, 11) is 0. The number of rotatable bonds is 51. The lowest BCUT2D eigenvalue weighted by Crippen LogP contribution is -2.30. The second-order valence-electron chi connectivity index (χ2n) is 18.9. The summed E-state index contributed by atoms with van der Waals surface area (Å²) >= 11 is 0. The molecule has 0 saturated heterocycles. The number of esters is 3. The highest BCUT2D eigenvalue weighted by atomic mass is 16.6. The van der Waals surface area contributed by atoms with E-state index in [2.05, 4.69) is 154 Å². The van der Waals surface area contributed by atoms with Gasteiger partial charge in [0.05, 0.1) is 0 Å². The van der Waals surface area contributed by atoms with E-state index >= 15 is 0 Å². The van der Waals surface area contributed by atoms with Crippen LogP contribution in [0.5, 0.6) is 0 Å². The Labute approximate surface area is 443 Å². The fourth-order valence-electron chi connectivity index (χ4n) is 7.58. The van der Waals surface area contributed by atoms with Crippen LogP contribution in [-0.2, 0) is 28.6 Å². The zero-order valence-corrected chi connectivity index (χ0v) is 46.4. The molecular weight excluding hydrogens is 889 g/mol. The predicted molar refractivity (Wildman–Crippen MR) is 311 cm³/mol. The van der Waals surface area contributed by atoms with Gasteiger partial charge in [-0.1, -0.05) is 244 Å². The zero-order valence-electron chi connectivity index (χ0n) is 46.4. The highest BCUT2D eigenvalue weighted by Crippen LogP contribution is 2.13. The van der Waals surface area contributed by atoms with Crippen molar-refractivity contribution in [3.8, 4) is 0 Å². The SMILES string of the molecule is CC/C=C\C/C=C\C/C=C\C/C=C\CCCCCCCCC(=O)OCC(COC(=O)CCC/C=C\C/C=C\C/C=C\CCCCCCCC)OC(=O)CCCCCCC\C=C/C=C\C=C/C=C\CCCCC. The Morgan fingerprint density at radius 3 is 1.06 bits per heavy atom. The molecule has 0 aliphatic carbocycles. The maximum atomic E-state index is 12.9. The summed E-state index contributed by atoms with van der Waals surface area (Å²) in [5.41, 5.74) is 0. The maximum Gasteiger partial charge on any atom is 0.306 e. The van der Waals surface area contributed by atoms with Crippen LogP contribution < -0.4 is 0 Å². The molecule has 72 heavy (non-hydrogen) atoms. The standard InChI is InChI=1S/C66H106O6/c1-4-7-10-13-16-19-22-25-28-31-33-36-38-41-44-47-50-53-56-59-65(68)71-62-63(61-70-64(67)58-55-52-49-46-43-40-37-34-30-27-24-21-18-15-12-9-6-3)72-66(69)60-57-54-51-48-45-42-39-35-32-29-26-23-20-17-14-11-8-5-2/h7,10,16-17,19-20,23,25-30,32-33,35-37,39-40,46,49,63H,4-6,8-9,11-15,18,21-22,24,31,34,38,41-45,47-48,50-62H2,1-3H3/b10-7-,19-16-,20-17-,26-23-,28-25-,30-27-,32-29-,36-33-,39-35-,40-37-,49-46-. The summed E-state index contributed by atoms with van der Waals surface area (Å²) in [5, 5.41) is 0. The normalized spacial score (nSPS) is 13.1. The van der Waals surface area contributed by atoms with E-state index in [0.29, 0.717) is 12.8 Å². The smallest absolute Gasteiger partial charge is 0.306 e. The van der Waals surface area contributed by atoms with Gasteiger partial charge >= 0.3 is 17.9 Å². The fourth-order valence-corrected chi connectivity index (χ4v) is 7.58. The van der Waals surface area contributed by atoms with E-state index < -0.39 is 6.10 Å². The third kappa shape index (κ3) is 56.5. The Bertz CT molecular complexity index is 1560. The van der Waals surface area contributed by atoms with Crippen LogP contribution in [-0.4, -0.2) is 37.2 Å². The van der Waals surface area contributed by atoms with Crippen LogP contribution >= 0.6 is 0 Å². The molecule has 0 fully saturated rings. The molecule has 0 radical (unpaired) electrons. The first-order valence-electron chi connectivity index (χ1n) is 29.2. The third-order valence-corrected chi connectivity index (χ3v) is 12.0. The topological polar surface area (TPSA) is 78.9 Å². The van der Waals surface area contributed by atoms with E-state index in [1.807, 2.05) is 0 Å². The quantitative estimate of drug-likeness (QED) is 0.0199. The summed E-state index contributed by atoms with van der Waals surface area (Å²) in [4.78, 5) is 38.2. The Balaban J connectivity index is 4.56. The number of hydrogen-bond acceptors (Lipinski definition) is 6. The summed E-state index contributed by atoms with van der Waals surface area (Å²) < 4.78 is 16.8. The summed E-state index contributed by atoms with van der Waals surface area (Å²) in [5.74, 6) is -1.01. The van der Waals surface area contributed by atoms with Crippen LogP contribution in [0.3, 0.4) is 0 Å². The average molecular weight is 996 g/mol. The lowest BCUT2D eigenvalue weighted by atomic mass is 10.1. The van der Waals surface area contributed by atoms with Gasteiger partial charge in [-0.05, 0) is 116 Å². The minimum atomic E-state index is -0.823. The van der Waals surface area contributed by atoms with Gasteiger partial charge in [0.25, 0.3) is 0 Å². The molecule has 0 aromatic carbocycles. The molecule has 6 nitrogen and oxygen atoms in total. The van der Waals surface area contributed by atoms with Crippen molar-refractivity contribution in [2.45, 2.75) is 252 Å². The number of allylic oxidation sites excluding steroid dienone is 22. The molecular formula is C66H106O6. The van der Waals surface area contributed by atoms with Gasteiger partial charge in [-0.15, -0.1) is 0 Å². The first-order chi connectivity index (χ1) is 35.5. The molecule has 0 saturated carbocycles. The molecule has 6 heteroatoms. The summed E-state index contributed by atoms with van der Waals surface area (Å²) in [6, 6.07) is 0. The van der Waals surface area contributed by atoms with Gasteiger partial charge < -0.3 is 14.2 Å². The molecule has 0 bridgehead atoms. The van der Waals surface area contributed by atoms with Gasteiger partial charge in [0.2, 0.25) is 0 Å². The van der Waals surface area contributed by atoms with Crippen LogP contribution in [0.2, 0.25) is 0 Å². The highest BCUT2D eigenvalue weighted by Gasteiger charge is 2.19. The molecule has 0 rings (SSSR count). The van der Waals surface area contributed by atoms with Crippen LogP contribution in [0, 0.1) is 0 Å². The molecule has 0 N–H and O–H groups in total. The van der Waals surface area contributed by atoms with Gasteiger partial charge in [0.15, 0.2) is 6.10 Å². The van der Waals surface area contributed by atoms with Gasteiger partial charge in [-0.3, -0.25) is 14.4 Å². The van der Waals surface area contributed by atoms with Crippen molar-refractivity contribution < 1.29 is 28.6 Å². The van der Waals surface area contributed by atoms with E-state index in [-0.39, 0.29) is 44.0 Å². The number of unbranched alkanes of at least 4 members (excludes halogenated alkanes) is 21. The van der Waals surface area contributed by atoms with E-state index in [9.17, 15) is 14.4 Å². The third-order valence-electron chi connectivity index (χ3n) is 12.0. The number of carbonyl (C=O) groups excluding carboxylic acids is 3. The molecule has 0 aromatic heterocycles. The van der Waals surface area contributed by atoms with Crippen molar-refractivity contribution in [2.24, 2.45) is 0 Å². The van der Waals surface area contributed by atoms with E-state index in [4.69, 9.17) is 14.2 Å². The molecule has 1 unspecified atom stereocenters. The lowest BCUT2D eigenvalue weighted by molar-refractivity contribution is -0.167. The molecule has 406 valence electrons. The maximum absolute atomic E-state index is 12.9. The Kier molecular flexibility index (Phi) is 55.5. The van der Waals surface area contributed by atoms with Crippen LogP contribution in [0.25, 0.3) is 0 Å². The van der Waals surface area contributed by atoms with Gasteiger partial charge in [-0.2, -0.15) is 0 Å². The van der Waals surface area contributed by atoms with Crippen molar-refractivity contribution in [1.82, 2.24) is 0 Å². The minimum absolute atomic E-state index is 0.116. The number of ether oxygens (including phenoxy) is 3. The van der Waals surface area contributed by atoms with E-state index in [0.717, 1.165) is 122 Å². The second-order valence-corrected chi connectivity index (χ2v) is 18.9. The monoisotopic (exact) mass is 995 g/mol. The van der Waals surface area contributed by atoms with Crippen molar-refractivity contribution in [3.05, 3.63) is 134 Å². The largest absolute Gasteiger partial charge is 0.462 e. The molecule has 0 aromatic rings. The van der Waals surface area contributed by atoms with Gasteiger partial charge in [0.1, 0.15) is 13.2 Å². The number of carbonyl (C=O) groups is 3. The molecule has 0 amide bonds. The van der Waals surface area contributed by atoms with Crippen molar-refractivity contribution in [1.29, 1.82) is 0 Å². The van der Waals surface area contributed by atoms with Crippen LogP contribution in [0.1, 0.15) is 245 Å². The van der Waals surface area contributed by atoms with Crippen molar-refractivity contribution in [2.75, 3.05) is 13.2 Å². The average Bonchev–Trinajstić information content (AvgIpc) is 3.38. The zero-order chi connectivity index (χ0) is 52.2. The summed E-state index contributed by atoms with van der Waals surface area (Å²) in [6.45, 7) is 6.40. The number of hydrogen-bond donors (Lipinski definition) is 0. The molecule has 0 aliphatic heterocycles. The lowest BCUT2D eigenvalue weighted by Gasteiger charge is -2.18. The predicted octanol–water partition coefficient (Wildman–Crippen LogP) is 19.8. The fraction of sp³-hybridized carbons (Fsp3) is 0.621. The second kappa shape index (κ2) is 59.1. The van der Waals surface area contributed by atoms with Crippen LogP contribution in [0.15, 0.2) is 134 Å². The van der Waals surface area contributed by atoms with Crippen LogP contribution in [0.4, 0.5) is 0 Å². The van der Waals surface area contributed by atoms with Gasteiger partial charge in [-0.25, -0.2) is 0 Å². The molecule has 0 aliphatic rings. The minimum Gasteiger partial charge on any atom is -0.462 e. The molecule has 1 atom stereocenters. The van der Waals surface area contributed by atoms with E-state index in [1.165, 1.54) is 77.0 Å². The first kappa shape index (κ1) is 67.5. The molecule has 0 heterocycles. The molecule has 0 spiro atoms. The van der Waals surface area contributed by atoms with Crippen molar-refractivity contribution in [3.63, 3.8) is 0 Å². The first-order valence-corrected chi connectivity index (χ1v) is 29.2. The Morgan fingerprint density at radius 2 is 0.611 bits per heavy atom. The van der Waals surface area contributed by atoms with Crippen molar-refractivity contribution >= 4 is 17.9 Å². The summed E-state index contributed by atoms with van der Waals surface area (Å²) in [6.07, 6.45) is 82.9. The Hall–Kier alpha value is -4.45. The van der Waals surface area contributed by atoms with Gasteiger partial charge in [0, 0.05) is 19.3 Å². The highest BCUT2D eigenvalue weighted by molar-refractivity contribution is 5.71. The van der Waals surface area contributed by atoms with E-state index in [1.54, 1.807) is 0 Å².